The number of hydrogen-bond acceptors (Lipinski definition) is 5. The third kappa shape index (κ3) is 3.41. The van der Waals surface area contributed by atoms with E-state index >= 15 is 0 Å². The maximum Gasteiger partial charge on any atom is 0.227 e. The van der Waals surface area contributed by atoms with Crippen LogP contribution in [-0.2, 0) is 4.79 Å². The van der Waals surface area contributed by atoms with Gasteiger partial charge in [-0.15, -0.1) is 0 Å². The van der Waals surface area contributed by atoms with E-state index in [0.717, 1.165) is 0 Å². The van der Waals surface area contributed by atoms with Crippen LogP contribution < -0.4 is 10.6 Å². The molecule has 0 unspecified atom stereocenters. The lowest BCUT2D eigenvalue weighted by molar-refractivity contribution is -0.128. The molecule has 0 aliphatic rings. The first-order chi connectivity index (χ1) is 7.99. The number of aromatic nitrogens is 2. The molecule has 0 saturated heterocycles. The Morgan fingerprint density at radius 3 is 2.88 bits per heavy atom. The Balaban J connectivity index is 2.67. The zero-order valence-corrected chi connectivity index (χ0v) is 10.1. The first-order valence-electron chi connectivity index (χ1n) is 5.19. The van der Waals surface area contributed by atoms with Gasteiger partial charge in [-0.05, 0) is 19.9 Å². The molecule has 0 saturated carbocycles. The number of rotatable bonds is 4. The average molecular weight is 233 g/mol. The summed E-state index contributed by atoms with van der Waals surface area (Å²) in [6.45, 7) is 4.02. The Labute approximate surface area is 100 Å². The molecule has 0 aromatic carbocycles. The summed E-state index contributed by atoms with van der Waals surface area (Å²) in [5.41, 5.74) is -0.277. The van der Waals surface area contributed by atoms with E-state index < -0.39 is 5.41 Å². The molecule has 1 aromatic rings. The highest BCUT2D eigenvalue weighted by Crippen LogP contribution is 2.15. The first kappa shape index (κ1) is 12.9. The molecule has 2 N–H and O–H groups in total. The number of nitrogens with zero attached hydrogens (tertiary/aromatic N) is 3. The van der Waals surface area contributed by atoms with Gasteiger partial charge in [-0.3, -0.25) is 4.79 Å². The molecule has 6 heteroatoms. The fourth-order valence-electron chi connectivity index (χ4n) is 1.22. The number of carbonyl (C=O) groups excluding carboxylic acids is 1. The molecule has 1 heterocycles. The van der Waals surface area contributed by atoms with E-state index in [1.807, 2.05) is 19.9 Å². The van der Waals surface area contributed by atoms with Crippen molar-refractivity contribution in [3.63, 3.8) is 0 Å². The van der Waals surface area contributed by atoms with Gasteiger partial charge in [0.15, 0.2) is 0 Å². The van der Waals surface area contributed by atoms with Crippen molar-refractivity contribution in [2.24, 2.45) is 5.41 Å². The molecule has 90 valence electrons. The minimum atomic E-state index is -0.569. The van der Waals surface area contributed by atoms with E-state index in [1.165, 1.54) is 12.3 Å². The molecule has 0 fully saturated rings. The highest BCUT2D eigenvalue weighted by molar-refractivity contribution is 5.82. The largest absolute Gasteiger partial charge is 0.359 e. The zero-order chi connectivity index (χ0) is 12.9. The van der Waals surface area contributed by atoms with Crippen LogP contribution in [0.25, 0.3) is 0 Å². The fraction of sp³-hybridized carbons (Fsp3) is 0.455. The molecule has 0 aliphatic heterocycles. The molecule has 1 amide bonds. The molecular weight excluding hydrogens is 218 g/mol. The Bertz CT molecular complexity index is 449. The van der Waals surface area contributed by atoms with E-state index in [1.54, 1.807) is 7.05 Å². The van der Waals surface area contributed by atoms with Crippen LogP contribution >= 0.6 is 0 Å². The summed E-state index contributed by atoms with van der Waals surface area (Å²) in [6, 6.07) is 3.45. The van der Waals surface area contributed by atoms with E-state index in [4.69, 9.17) is 5.26 Å². The van der Waals surface area contributed by atoms with Crippen LogP contribution in [0.2, 0.25) is 0 Å². The second-order valence-corrected chi connectivity index (χ2v) is 4.19. The number of hydrogen-bond donors (Lipinski definition) is 2. The maximum absolute atomic E-state index is 11.5. The lowest BCUT2D eigenvalue weighted by Gasteiger charge is -2.22. The van der Waals surface area contributed by atoms with Crippen LogP contribution in [0.1, 0.15) is 19.5 Å². The minimum Gasteiger partial charge on any atom is -0.359 e. The number of anilines is 1. The molecule has 1 aromatic heterocycles. The van der Waals surface area contributed by atoms with Crippen LogP contribution in [0.5, 0.6) is 0 Å². The summed E-state index contributed by atoms with van der Waals surface area (Å²) in [4.78, 5) is 19.5. The van der Waals surface area contributed by atoms with Crippen LogP contribution in [0.4, 0.5) is 5.95 Å². The van der Waals surface area contributed by atoms with Gasteiger partial charge in [-0.25, -0.2) is 9.97 Å². The predicted molar refractivity (Wildman–Crippen MR) is 63.1 cm³/mol. The smallest absolute Gasteiger partial charge is 0.227 e. The Kier molecular flexibility index (Phi) is 3.99. The summed E-state index contributed by atoms with van der Waals surface area (Å²) < 4.78 is 0. The average Bonchev–Trinajstić information content (AvgIpc) is 2.35. The lowest BCUT2D eigenvalue weighted by atomic mass is 9.92. The van der Waals surface area contributed by atoms with Crippen molar-refractivity contribution in [1.82, 2.24) is 15.3 Å². The monoisotopic (exact) mass is 233 g/mol. The van der Waals surface area contributed by atoms with E-state index in [-0.39, 0.29) is 5.91 Å². The molecule has 0 aliphatic carbocycles. The van der Waals surface area contributed by atoms with Crippen LogP contribution in [0.3, 0.4) is 0 Å². The molecule has 17 heavy (non-hydrogen) atoms. The zero-order valence-electron chi connectivity index (χ0n) is 10.1. The number of nitriles is 1. The number of nitrogens with one attached hydrogen (secondary N) is 2. The van der Waals surface area contributed by atoms with E-state index in [9.17, 15) is 4.79 Å². The molecule has 1 rings (SSSR count). The quantitative estimate of drug-likeness (QED) is 0.791. The van der Waals surface area contributed by atoms with Crippen molar-refractivity contribution >= 4 is 11.9 Å². The molecule has 0 atom stereocenters. The number of amides is 1. The molecule has 0 spiro atoms. The second-order valence-electron chi connectivity index (χ2n) is 4.19. The summed E-state index contributed by atoms with van der Waals surface area (Å²) in [7, 11) is 1.59. The fourth-order valence-corrected chi connectivity index (χ4v) is 1.22. The maximum atomic E-state index is 11.5. The van der Waals surface area contributed by atoms with Crippen LogP contribution in [-0.4, -0.2) is 29.5 Å². The third-order valence-electron chi connectivity index (χ3n) is 2.30. The van der Waals surface area contributed by atoms with Gasteiger partial charge < -0.3 is 10.6 Å². The summed E-state index contributed by atoms with van der Waals surface area (Å²) in [5.74, 6) is 0.280. The Morgan fingerprint density at radius 2 is 2.29 bits per heavy atom. The van der Waals surface area contributed by atoms with Gasteiger partial charge in [0.05, 0.1) is 5.41 Å². The van der Waals surface area contributed by atoms with Crippen LogP contribution in [0.15, 0.2) is 12.3 Å². The van der Waals surface area contributed by atoms with Gasteiger partial charge in [0.1, 0.15) is 11.8 Å². The van der Waals surface area contributed by atoms with Crippen molar-refractivity contribution in [2.45, 2.75) is 13.8 Å². The molecule has 0 radical (unpaired) electrons. The van der Waals surface area contributed by atoms with Crippen molar-refractivity contribution in [3.05, 3.63) is 18.0 Å². The SMILES string of the molecule is CNC(=O)C(C)(C)CNc1nccc(C#N)n1. The second kappa shape index (κ2) is 5.25. The van der Waals surface area contributed by atoms with Gasteiger partial charge in [-0.1, -0.05) is 0 Å². The third-order valence-corrected chi connectivity index (χ3v) is 2.30. The Hall–Kier alpha value is -2.16. The van der Waals surface area contributed by atoms with Crippen LogP contribution in [0, 0.1) is 16.7 Å². The summed E-state index contributed by atoms with van der Waals surface area (Å²) >= 11 is 0. The number of carbonyl (C=O) groups is 1. The van der Waals surface area contributed by atoms with Gasteiger partial charge in [0.2, 0.25) is 11.9 Å². The van der Waals surface area contributed by atoms with Gasteiger partial charge in [0, 0.05) is 19.8 Å². The highest BCUT2D eigenvalue weighted by atomic mass is 16.2. The van der Waals surface area contributed by atoms with Gasteiger partial charge >= 0.3 is 0 Å². The Morgan fingerprint density at radius 1 is 1.59 bits per heavy atom. The van der Waals surface area contributed by atoms with Crippen molar-refractivity contribution in [3.8, 4) is 6.07 Å². The molecule has 6 nitrogen and oxygen atoms in total. The van der Waals surface area contributed by atoms with Gasteiger partial charge in [-0.2, -0.15) is 5.26 Å². The molecular formula is C11H15N5O. The standard InChI is InChI=1S/C11H15N5O/c1-11(2,9(17)13-3)7-15-10-14-5-4-8(6-12)16-10/h4-5H,7H2,1-3H3,(H,13,17)(H,14,15,16). The predicted octanol–water partition coefficient (Wildman–Crippen LogP) is 0.532. The lowest BCUT2D eigenvalue weighted by Crippen LogP contribution is -2.39. The summed E-state index contributed by atoms with van der Waals surface area (Å²) in [6.07, 6.45) is 1.50. The topological polar surface area (TPSA) is 90.7 Å². The van der Waals surface area contributed by atoms with Gasteiger partial charge in [0.25, 0.3) is 0 Å². The van der Waals surface area contributed by atoms with E-state index in [2.05, 4.69) is 20.6 Å². The normalized spacial score (nSPS) is 10.5. The van der Waals surface area contributed by atoms with E-state index in [0.29, 0.717) is 18.2 Å². The summed E-state index contributed by atoms with van der Waals surface area (Å²) in [5, 5.41) is 14.2. The highest BCUT2D eigenvalue weighted by Gasteiger charge is 2.26. The van der Waals surface area contributed by atoms with Crippen molar-refractivity contribution in [1.29, 1.82) is 5.26 Å². The minimum absolute atomic E-state index is 0.0681. The molecule has 0 bridgehead atoms. The van der Waals surface area contributed by atoms with Crippen molar-refractivity contribution in [2.75, 3.05) is 18.9 Å². The first-order valence-corrected chi connectivity index (χ1v) is 5.19. The van der Waals surface area contributed by atoms with Crippen molar-refractivity contribution < 1.29 is 4.79 Å².